The number of allylic oxidation sites excluding steroid dienone is 1. The quantitative estimate of drug-likeness (QED) is 0.327. The summed E-state index contributed by atoms with van der Waals surface area (Å²) < 4.78 is 38.4. The average molecular weight is 489 g/mol. The van der Waals surface area contributed by atoms with Crippen molar-refractivity contribution in [3.8, 4) is 11.5 Å². The Labute approximate surface area is 201 Å². The average Bonchev–Trinajstić information content (AvgIpc) is 3.30. The molecule has 1 N–H and O–H groups in total. The first-order valence-electron chi connectivity index (χ1n) is 10.7. The fourth-order valence-corrected chi connectivity index (χ4v) is 4.85. The van der Waals surface area contributed by atoms with Crippen LogP contribution in [0.15, 0.2) is 83.6 Å². The molecule has 1 aliphatic rings. The number of hydrogen-bond acceptors (Lipinski definition) is 6. The Morgan fingerprint density at radius 3 is 2.54 bits per heavy atom. The zero-order valence-electron chi connectivity index (χ0n) is 18.8. The molecule has 1 aliphatic heterocycles. The molecule has 8 nitrogen and oxygen atoms in total. The number of ether oxygens (including phenoxy) is 1. The van der Waals surface area contributed by atoms with Crippen LogP contribution in [0.1, 0.15) is 22.8 Å². The minimum atomic E-state index is -4.14. The first-order chi connectivity index (χ1) is 16.7. The Kier molecular flexibility index (Phi) is 5.41. The normalized spacial score (nSPS) is 14.1. The van der Waals surface area contributed by atoms with Crippen LogP contribution in [0.2, 0.25) is 0 Å². The van der Waals surface area contributed by atoms with E-state index in [1.165, 1.54) is 49.4 Å². The Bertz CT molecular complexity index is 1630. The van der Waals surface area contributed by atoms with E-state index < -0.39 is 10.1 Å². The number of hydrogen-bond donors (Lipinski definition) is 1. The molecule has 35 heavy (non-hydrogen) atoms. The number of anilines is 1. The lowest BCUT2D eigenvalue weighted by Gasteiger charge is -2.09. The van der Waals surface area contributed by atoms with Gasteiger partial charge in [0.2, 0.25) is 11.7 Å². The standard InChI is InChI=1S/C26H20N2O6S/c1-16(29)27-18-7-10-20(11-8-18)35(31,32)34-19-9-12-22-24(14-19)33-25(26(22)30)13-17-15-28(2)23-6-4-3-5-21(17)23/h3-15H,1-2H3,(H,27,29)/b25-13+. The first-order valence-corrected chi connectivity index (χ1v) is 12.1. The number of amides is 1. The van der Waals surface area contributed by atoms with Crippen molar-refractivity contribution in [2.75, 3.05) is 5.32 Å². The molecule has 0 fully saturated rings. The van der Waals surface area contributed by atoms with E-state index in [9.17, 15) is 18.0 Å². The number of carbonyl (C=O) groups is 2. The van der Waals surface area contributed by atoms with Crippen LogP contribution in [-0.2, 0) is 22.0 Å². The number of Topliss-reactive ketones (excluding diaryl/α,β-unsaturated/α-hetero) is 1. The van der Waals surface area contributed by atoms with Crippen molar-refractivity contribution >= 4 is 44.5 Å². The third-order valence-corrected chi connectivity index (χ3v) is 6.79. The molecule has 2 heterocycles. The van der Waals surface area contributed by atoms with Crippen molar-refractivity contribution in [2.24, 2.45) is 7.05 Å². The Hall–Kier alpha value is -4.37. The van der Waals surface area contributed by atoms with Crippen LogP contribution < -0.4 is 14.2 Å². The van der Waals surface area contributed by atoms with Crippen LogP contribution in [-0.4, -0.2) is 24.7 Å². The Morgan fingerprint density at radius 1 is 1.06 bits per heavy atom. The minimum absolute atomic E-state index is 0.00824. The lowest BCUT2D eigenvalue weighted by molar-refractivity contribution is -0.114. The van der Waals surface area contributed by atoms with Crippen molar-refractivity contribution in [2.45, 2.75) is 11.8 Å². The van der Waals surface area contributed by atoms with Crippen LogP contribution in [0.3, 0.4) is 0 Å². The first kappa shape index (κ1) is 22.4. The smallest absolute Gasteiger partial charge is 0.339 e. The SMILES string of the molecule is CC(=O)Nc1ccc(S(=O)(=O)Oc2ccc3c(c2)O/C(=C/c2cn(C)c4ccccc24)C3=O)cc1. The molecule has 9 heteroatoms. The van der Waals surface area contributed by atoms with E-state index in [0.717, 1.165) is 16.5 Å². The van der Waals surface area contributed by atoms with Gasteiger partial charge in [0.25, 0.3) is 0 Å². The molecule has 0 bridgehead atoms. The Balaban J connectivity index is 1.39. The summed E-state index contributed by atoms with van der Waals surface area (Å²) in [5.74, 6) is -0.191. The number of fused-ring (bicyclic) bond motifs is 2. The third-order valence-electron chi connectivity index (χ3n) is 5.53. The summed E-state index contributed by atoms with van der Waals surface area (Å²) in [4.78, 5) is 23.9. The number of para-hydroxylation sites is 1. The molecule has 176 valence electrons. The van der Waals surface area contributed by atoms with Gasteiger partial charge in [-0.3, -0.25) is 9.59 Å². The number of benzene rings is 3. The molecule has 1 amide bonds. The highest BCUT2D eigenvalue weighted by atomic mass is 32.2. The van der Waals surface area contributed by atoms with Gasteiger partial charge in [-0.05, 0) is 48.5 Å². The van der Waals surface area contributed by atoms with E-state index >= 15 is 0 Å². The van der Waals surface area contributed by atoms with E-state index in [1.807, 2.05) is 42.1 Å². The maximum absolute atomic E-state index is 12.9. The highest BCUT2D eigenvalue weighted by Gasteiger charge is 2.29. The summed E-state index contributed by atoms with van der Waals surface area (Å²) in [7, 11) is -2.22. The minimum Gasteiger partial charge on any atom is -0.452 e. The van der Waals surface area contributed by atoms with Crippen LogP contribution in [0.25, 0.3) is 17.0 Å². The van der Waals surface area contributed by atoms with E-state index in [0.29, 0.717) is 11.3 Å². The van der Waals surface area contributed by atoms with Crippen molar-refractivity contribution in [1.29, 1.82) is 0 Å². The van der Waals surface area contributed by atoms with Crippen molar-refractivity contribution < 1.29 is 26.9 Å². The molecular formula is C26H20N2O6S. The van der Waals surface area contributed by atoms with Gasteiger partial charge in [-0.1, -0.05) is 18.2 Å². The molecule has 0 radical (unpaired) electrons. The Morgan fingerprint density at radius 2 is 1.80 bits per heavy atom. The van der Waals surface area contributed by atoms with Gasteiger partial charge in [0, 0.05) is 48.4 Å². The van der Waals surface area contributed by atoms with Gasteiger partial charge in [0.05, 0.1) is 5.56 Å². The number of aryl methyl sites for hydroxylation is 1. The third kappa shape index (κ3) is 4.29. The number of carbonyl (C=O) groups excluding carboxylic acids is 2. The van der Waals surface area contributed by atoms with E-state index in [2.05, 4.69) is 5.32 Å². The summed E-state index contributed by atoms with van der Waals surface area (Å²) in [5, 5.41) is 3.55. The predicted molar refractivity (Wildman–Crippen MR) is 131 cm³/mol. The summed E-state index contributed by atoms with van der Waals surface area (Å²) in [6.07, 6.45) is 3.59. The molecule has 0 unspecified atom stereocenters. The van der Waals surface area contributed by atoms with E-state index in [4.69, 9.17) is 8.92 Å². The van der Waals surface area contributed by atoms with Gasteiger partial charge in [-0.25, -0.2) is 0 Å². The van der Waals surface area contributed by atoms with Crippen molar-refractivity contribution in [3.05, 3.63) is 89.8 Å². The summed E-state index contributed by atoms with van der Waals surface area (Å²) in [5.41, 5.74) is 2.64. The van der Waals surface area contributed by atoms with Crippen LogP contribution in [0, 0.1) is 0 Å². The number of ketones is 1. The number of rotatable bonds is 5. The molecule has 0 atom stereocenters. The zero-order chi connectivity index (χ0) is 24.7. The number of nitrogens with one attached hydrogen (secondary N) is 1. The van der Waals surface area contributed by atoms with Gasteiger partial charge in [-0.15, -0.1) is 0 Å². The van der Waals surface area contributed by atoms with Gasteiger partial charge < -0.3 is 18.8 Å². The largest absolute Gasteiger partial charge is 0.452 e. The van der Waals surface area contributed by atoms with Crippen molar-refractivity contribution in [3.63, 3.8) is 0 Å². The van der Waals surface area contributed by atoms with Gasteiger partial charge in [0.15, 0.2) is 5.76 Å². The molecule has 5 rings (SSSR count). The topological polar surface area (TPSA) is 104 Å². The lowest BCUT2D eigenvalue weighted by Crippen LogP contribution is -2.10. The number of nitrogens with zero attached hydrogens (tertiary/aromatic N) is 1. The fraction of sp³-hybridized carbons (Fsp3) is 0.0769. The molecule has 1 aromatic heterocycles. The zero-order valence-corrected chi connectivity index (χ0v) is 19.6. The highest BCUT2D eigenvalue weighted by molar-refractivity contribution is 7.87. The molecule has 3 aromatic carbocycles. The van der Waals surface area contributed by atoms with Crippen molar-refractivity contribution in [1.82, 2.24) is 4.57 Å². The van der Waals surface area contributed by atoms with Crippen LogP contribution in [0.5, 0.6) is 11.5 Å². The number of aromatic nitrogens is 1. The molecule has 0 aliphatic carbocycles. The molecule has 0 saturated carbocycles. The highest BCUT2D eigenvalue weighted by Crippen LogP contribution is 2.36. The predicted octanol–water partition coefficient (Wildman–Crippen LogP) is 4.52. The van der Waals surface area contributed by atoms with E-state index in [-0.39, 0.29) is 33.8 Å². The molecular weight excluding hydrogens is 468 g/mol. The molecule has 0 saturated heterocycles. The maximum Gasteiger partial charge on any atom is 0.339 e. The summed E-state index contributed by atoms with van der Waals surface area (Å²) in [6.45, 7) is 1.36. The van der Waals surface area contributed by atoms with Gasteiger partial charge in [-0.2, -0.15) is 8.42 Å². The monoisotopic (exact) mass is 488 g/mol. The summed E-state index contributed by atoms with van der Waals surface area (Å²) >= 11 is 0. The van der Waals surface area contributed by atoms with Crippen LogP contribution in [0.4, 0.5) is 5.69 Å². The second-order valence-corrected chi connectivity index (χ2v) is 9.60. The second kappa shape index (κ2) is 8.44. The van der Waals surface area contributed by atoms with Crippen LogP contribution >= 0.6 is 0 Å². The maximum atomic E-state index is 12.9. The lowest BCUT2D eigenvalue weighted by atomic mass is 10.1. The molecule has 0 spiro atoms. The van der Waals surface area contributed by atoms with Gasteiger partial charge >= 0.3 is 10.1 Å². The van der Waals surface area contributed by atoms with Gasteiger partial charge in [0.1, 0.15) is 16.4 Å². The second-order valence-electron chi connectivity index (χ2n) is 8.05. The molecule has 4 aromatic rings. The summed E-state index contributed by atoms with van der Waals surface area (Å²) in [6, 6.07) is 17.7. The fourth-order valence-electron chi connectivity index (χ4n) is 3.93. The van der Waals surface area contributed by atoms with E-state index in [1.54, 1.807) is 6.08 Å².